The monoisotopic (exact) mass is 642 g/mol. The fourth-order valence-electron chi connectivity index (χ4n) is 7.18. The number of para-hydroxylation sites is 1. The number of hydrogen-bond acceptors (Lipinski definition) is 2. The second-order valence-electron chi connectivity index (χ2n) is 12.7. The lowest BCUT2D eigenvalue weighted by Gasteiger charge is -2.11. The van der Waals surface area contributed by atoms with Crippen molar-refractivity contribution in [1.82, 2.24) is 9.55 Å². The molecule has 0 spiro atoms. The van der Waals surface area contributed by atoms with Crippen molar-refractivity contribution in [2.45, 2.75) is 13.3 Å². The molecule has 0 aliphatic carbocycles. The Kier molecular flexibility index (Phi) is 7.44. The first-order valence-electron chi connectivity index (χ1n) is 17.2. The van der Waals surface area contributed by atoms with Crippen molar-refractivity contribution in [3.05, 3.63) is 182 Å². The number of pyridine rings is 1. The van der Waals surface area contributed by atoms with Gasteiger partial charge in [0.15, 0.2) is 0 Å². The lowest BCUT2D eigenvalue weighted by atomic mass is 10.0. The van der Waals surface area contributed by atoms with E-state index in [9.17, 15) is 0 Å². The van der Waals surface area contributed by atoms with Crippen molar-refractivity contribution < 1.29 is 4.42 Å². The van der Waals surface area contributed by atoms with Crippen LogP contribution in [-0.4, -0.2) is 9.55 Å². The average molecular weight is 643 g/mol. The van der Waals surface area contributed by atoms with Gasteiger partial charge in [-0.1, -0.05) is 116 Å². The Bertz CT molecular complexity index is 2750. The zero-order chi connectivity index (χ0) is 33.4. The molecule has 3 heteroatoms. The Labute approximate surface area is 291 Å². The van der Waals surface area contributed by atoms with Gasteiger partial charge in [0.2, 0.25) is 0 Å². The number of fused-ring (bicyclic) bond motifs is 6. The smallest absolute Gasteiger partial charge is 0.133 e. The first-order chi connectivity index (χ1) is 24.7. The van der Waals surface area contributed by atoms with Crippen molar-refractivity contribution >= 4 is 43.5 Å². The van der Waals surface area contributed by atoms with E-state index in [4.69, 9.17) is 9.40 Å². The summed E-state index contributed by atoms with van der Waals surface area (Å²) in [5, 5.41) is 6.00. The van der Waals surface area contributed by atoms with Gasteiger partial charge in [0.05, 0.1) is 23.0 Å². The molecule has 0 aliphatic heterocycles. The summed E-state index contributed by atoms with van der Waals surface area (Å²) >= 11 is 0. The van der Waals surface area contributed by atoms with E-state index < -0.39 is 0 Å². The van der Waals surface area contributed by atoms with Gasteiger partial charge in [-0.25, -0.2) is 0 Å². The molecule has 9 rings (SSSR count). The minimum atomic E-state index is 0.843. The van der Waals surface area contributed by atoms with Gasteiger partial charge in [-0.2, -0.15) is 0 Å². The molecule has 3 nitrogen and oxygen atoms in total. The molecular weight excluding hydrogens is 609 g/mol. The van der Waals surface area contributed by atoms with Crippen LogP contribution in [0.4, 0.5) is 0 Å². The SMILES string of the molecule is CCc1cccc(-c2ccnc(-c3ccc(-n4c5ccc(-c6cccoc7ccccc7cc6)cc5c5c6ccccc6ccc54)cc3)c2)c1. The number of hydrogen-bond donors (Lipinski definition) is 0. The van der Waals surface area contributed by atoms with Crippen molar-refractivity contribution in [2.75, 3.05) is 0 Å². The highest BCUT2D eigenvalue weighted by molar-refractivity contribution is 6.21. The lowest BCUT2D eigenvalue weighted by molar-refractivity contribution is 0.606. The van der Waals surface area contributed by atoms with Gasteiger partial charge in [-0.3, -0.25) is 4.98 Å². The van der Waals surface area contributed by atoms with Crippen LogP contribution in [-0.2, 0) is 6.42 Å². The van der Waals surface area contributed by atoms with Gasteiger partial charge < -0.3 is 8.98 Å². The van der Waals surface area contributed by atoms with Gasteiger partial charge in [0.1, 0.15) is 5.58 Å². The molecule has 0 fully saturated rings. The lowest BCUT2D eigenvalue weighted by Crippen LogP contribution is -1.94. The maximum Gasteiger partial charge on any atom is 0.133 e. The molecule has 3 aromatic heterocycles. The predicted molar refractivity (Wildman–Crippen MR) is 209 cm³/mol. The molecule has 0 aliphatic rings. The van der Waals surface area contributed by atoms with Crippen LogP contribution in [0.1, 0.15) is 12.5 Å². The summed E-state index contributed by atoms with van der Waals surface area (Å²) in [6, 6.07) is 58.4. The summed E-state index contributed by atoms with van der Waals surface area (Å²) in [6.45, 7) is 2.19. The third-order valence-corrected chi connectivity index (χ3v) is 9.75. The first kappa shape index (κ1) is 29.7. The van der Waals surface area contributed by atoms with Crippen LogP contribution < -0.4 is 0 Å². The van der Waals surface area contributed by atoms with Crippen LogP contribution in [0.15, 0.2) is 181 Å². The zero-order valence-electron chi connectivity index (χ0n) is 27.8. The van der Waals surface area contributed by atoms with E-state index in [1.807, 2.05) is 30.5 Å². The highest BCUT2D eigenvalue weighted by Crippen LogP contribution is 2.39. The molecule has 9 aromatic rings. The Hall–Kier alpha value is -6.45. The third kappa shape index (κ3) is 5.30. The van der Waals surface area contributed by atoms with Crippen LogP contribution in [0.2, 0.25) is 0 Å². The summed E-state index contributed by atoms with van der Waals surface area (Å²) < 4.78 is 8.30. The van der Waals surface area contributed by atoms with E-state index >= 15 is 0 Å². The minimum Gasteiger partial charge on any atom is -0.464 e. The topological polar surface area (TPSA) is 31.0 Å². The average Bonchev–Trinajstić information content (AvgIpc) is 3.57. The largest absolute Gasteiger partial charge is 0.464 e. The normalized spacial score (nSPS) is 11.4. The van der Waals surface area contributed by atoms with Crippen molar-refractivity contribution in [2.24, 2.45) is 0 Å². The molecule has 0 unspecified atom stereocenters. The van der Waals surface area contributed by atoms with Gasteiger partial charge in [0.25, 0.3) is 0 Å². The van der Waals surface area contributed by atoms with Crippen molar-refractivity contribution in [3.63, 3.8) is 0 Å². The van der Waals surface area contributed by atoms with Gasteiger partial charge >= 0.3 is 0 Å². The Morgan fingerprint density at radius 1 is 0.520 bits per heavy atom. The van der Waals surface area contributed by atoms with Crippen LogP contribution in [0.3, 0.4) is 0 Å². The second kappa shape index (κ2) is 12.5. The number of benzene rings is 6. The molecule has 0 bridgehead atoms. The molecule has 0 atom stereocenters. The molecule has 0 amide bonds. The molecule has 0 radical (unpaired) electrons. The molecule has 6 aromatic carbocycles. The molecule has 50 heavy (non-hydrogen) atoms. The van der Waals surface area contributed by atoms with Crippen molar-refractivity contribution in [3.8, 4) is 39.2 Å². The maximum absolute atomic E-state index is 5.91. The van der Waals surface area contributed by atoms with E-state index in [1.165, 1.54) is 49.3 Å². The second-order valence-corrected chi connectivity index (χ2v) is 12.7. The molecule has 0 saturated heterocycles. The quantitative estimate of drug-likeness (QED) is 0.187. The molecule has 238 valence electrons. The number of aromatic nitrogens is 2. The van der Waals surface area contributed by atoms with E-state index in [-0.39, 0.29) is 0 Å². The summed E-state index contributed by atoms with van der Waals surface area (Å²) in [7, 11) is 0. The van der Waals surface area contributed by atoms with E-state index in [0.29, 0.717) is 0 Å². The van der Waals surface area contributed by atoms with E-state index in [2.05, 4.69) is 151 Å². The van der Waals surface area contributed by atoms with Crippen LogP contribution in [0, 0.1) is 0 Å². The Morgan fingerprint density at radius 3 is 2.14 bits per heavy atom. The summed E-state index contributed by atoms with van der Waals surface area (Å²) in [5.74, 6) is 0. The fraction of sp³-hybridized carbons (Fsp3) is 0.0426. The highest BCUT2D eigenvalue weighted by Gasteiger charge is 2.16. The Balaban J connectivity index is 1.18. The van der Waals surface area contributed by atoms with Gasteiger partial charge in [-0.05, 0) is 99.6 Å². The summed E-state index contributed by atoms with van der Waals surface area (Å²) in [4.78, 5) is 4.76. The third-order valence-electron chi connectivity index (χ3n) is 9.75. The standard InChI is InChI=1S/C47H34N2O/c1-2-32-9-7-12-37(29-32)39-26-27-48-43(31-39)35-18-22-40(23-19-35)49-44-24-21-38(33-13-8-28-50-46-15-6-4-11-36(46)17-16-33)30-42(44)47-41-14-5-3-10-34(41)20-25-45(47)49/h3-31H,2H2,1H3. The highest BCUT2D eigenvalue weighted by atomic mass is 16.3. The van der Waals surface area contributed by atoms with Crippen molar-refractivity contribution in [1.29, 1.82) is 0 Å². The maximum atomic E-state index is 5.91. The molecule has 3 heterocycles. The minimum absolute atomic E-state index is 0.843. The first-order valence-corrected chi connectivity index (χ1v) is 17.2. The number of aryl methyl sites for hydroxylation is 1. The number of nitrogens with zero attached hydrogens (tertiary/aromatic N) is 2. The molecule has 0 N–H and O–H groups in total. The van der Waals surface area contributed by atoms with Gasteiger partial charge in [-0.15, -0.1) is 0 Å². The predicted octanol–water partition coefficient (Wildman–Crippen LogP) is 12.8. The molecular formula is C47H34N2O. The fourth-order valence-corrected chi connectivity index (χ4v) is 7.18. The summed E-state index contributed by atoms with van der Waals surface area (Å²) in [5.41, 5.74) is 12.4. The summed E-state index contributed by atoms with van der Waals surface area (Å²) in [6.07, 6.45) is 4.68. The van der Waals surface area contributed by atoms with Crippen LogP contribution in [0.25, 0.3) is 82.7 Å². The zero-order valence-corrected chi connectivity index (χ0v) is 27.8. The van der Waals surface area contributed by atoms with Gasteiger partial charge in [0, 0.05) is 33.6 Å². The van der Waals surface area contributed by atoms with E-state index in [0.717, 1.165) is 45.5 Å². The molecule has 0 saturated carbocycles. The Morgan fingerprint density at radius 2 is 1.24 bits per heavy atom. The van der Waals surface area contributed by atoms with Crippen LogP contribution >= 0.6 is 0 Å². The number of rotatable bonds is 5. The van der Waals surface area contributed by atoms with Crippen LogP contribution in [0.5, 0.6) is 0 Å². The van der Waals surface area contributed by atoms with E-state index in [1.54, 1.807) is 6.26 Å².